The molecule has 0 amide bonds. The van der Waals surface area contributed by atoms with E-state index in [1.807, 2.05) is 56.6 Å². The van der Waals surface area contributed by atoms with E-state index in [0.29, 0.717) is 11.6 Å². The fourth-order valence-corrected chi connectivity index (χ4v) is 3.36. The first-order valence-corrected chi connectivity index (χ1v) is 10.2. The Morgan fingerprint density at radius 3 is 2.13 bits per heavy atom. The van der Waals surface area contributed by atoms with Crippen LogP contribution in [0, 0.1) is 0 Å². The Kier molecular flexibility index (Phi) is 8.02. The monoisotopic (exact) mass is 427 g/mol. The number of hydrogen-bond acceptors (Lipinski definition) is 3. The first-order chi connectivity index (χ1) is 14.0. The van der Waals surface area contributed by atoms with Gasteiger partial charge in [-0.25, -0.2) is 0 Å². The van der Waals surface area contributed by atoms with Crippen LogP contribution in [0.5, 0.6) is 0 Å². The van der Waals surface area contributed by atoms with Gasteiger partial charge in [-0.05, 0) is 86.1 Å². The normalized spacial score (nSPS) is 11.3. The zero-order valence-electron chi connectivity index (χ0n) is 18.2. The van der Waals surface area contributed by atoms with E-state index < -0.39 is 11.6 Å². The fraction of sp³-hybridized carbons (Fsp3) is 0.320. The van der Waals surface area contributed by atoms with Crippen molar-refractivity contribution < 1.29 is 15.0 Å². The highest BCUT2D eigenvalue weighted by Crippen LogP contribution is 2.36. The van der Waals surface area contributed by atoms with Crippen LogP contribution in [0.2, 0.25) is 5.02 Å². The van der Waals surface area contributed by atoms with E-state index in [1.165, 1.54) is 0 Å². The van der Waals surface area contributed by atoms with Gasteiger partial charge in [0.25, 0.3) is 0 Å². The highest BCUT2D eigenvalue weighted by Gasteiger charge is 2.18. The molecule has 30 heavy (non-hydrogen) atoms. The largest absolute Gasteiger partial charge is 0.481 e. The molecule has 0 spiro atoms. The lowest BCUT2D eigenvalue weighted by Gasteiger charge is -2.20. The summed E-state index contributed by atoms with van der Waals surface area (Å²) >= 11 is 6.04. The van der Waals surface area contributed by atoms with Gasteiger partial charge < -0.3 is 15.1 Å². The van der Waals surface area contributed by atoms with Crippen LogP contribution in [0.25, 0.3) is 21.9 Å². The van der Waals surface area contributed by atoms with Crippen LogP contribution in [0.15, 0.2) is 54.6 Å². The molecule has 5 heteroatoms. The van der Waals surface area contributed by atoms with Crippen LogP contribution in [-0.2, 0) is 17.8 Å². The van der Waals surface area contributed by atoms with Crippen LogP contribution < -0.4 is 0 Å². The lowest BCUT2D eigenvalue weighted by molar-refractivity contribution is -0.136. The van der Waals surface area contributed by atoms with Crippen molar-refractivity contribution >= 4 is 28.3 Å². The molecule has 0 atom stereocenters. The number of carboxylic acids is 1. The molecule has 0 aromatic heterocycles. The summed E-state index contributed by atoms with van der Waals surface area (Å²) in [6.45, 7) is 5.92. The number of hydrogen-bond donors (Lipinski definition) is 2. The Morgan fingerprint density at radius 1 is 1.03 bits per heavy atom. The number of halogens is 1. The van der Waals surface area contributed by atoms with Crippen LogP contribution >= 0.6 is 11.6 Å². The van der Waals surface area contributed by atoms with Crippen molar-refractivity contribution in [3.05, 3.63) is 70.7 Å². The van der Waals surface area contributed by atoms with E-state index in [2.05, 4.69) is 17.0 Å². The summed E-state index contributed by atoms with van der Waals surface area (Å²) in [5, 5.41) is 20.8. The van der Waals surface area contributed by atoms with Gasteiger partial charge in [0.1, 0.15) is 0 Å². The van der Waals surface area contributed by atoms with Crippen molar-refractivity contribution in [2.75, 3.05) is 14.1 Å². The zero-order chi connectivity index (χ0) is 22.5. The minimum Gasteiger partial charge on any atom is -0.481 e. The van der Waals surface area contributed by atoms with Crippen molar-refractivity contribution in [3.63, 3.8) is 0 Å². The minimum absolute atomic E-state index is 0.00797. The van der Waals surface area contributed by atoms with Crippen molar-refractivity contribution in [1.82, 2.24) is 4.90 Å². The summed E-state index contributed by atoms with van der Waals surface area (Å²) in [6, 6.07) is 17.8. The van der Waals surface area contributed by atoms with Gasteiger partial charge in [-0.1, -0.05) is 48.0 Å². The maximum absolute atomic E-state index is 11.5. The average molecular weight is 428 g/mol. The van der Waals surface area contributed by atoms with Gasteiger partial charge in [0.15, 0.2) is 0 Å². The second-order valence-electron chi connectivity index (χ2n) is 8.60. The van der Waals surface area contributed by atoms with Gasteiger partial charge >= 0.3 is 5.97 Å². The minimum atomic E-state index is -0.828. The smallest absolute Gasteiger partial charge is 0.307 e. The predicted molar refractivity (Wildman–Crippen MR) is 125 cm³/mol. The van der Waals surface area contributed by atoms with Crippen molar-refractivity contribution in [1.29, 1.82) is 0 Å². The lowest BCUT2D eigenvalue weighted by Crippen LogP contribution is -2.15. The Balaban J connectivity index is 0.000000575. The summed E-state index contributed by atoms with van der Waals surface area (Å²) in [6.07, 6.45) is -0.00797. The number of benzene rings is 3. The van der Waals surface area contributed by atoms with Gasteiger partial charge in [0.05, 0.1) is 12.0 Å². The number of nitrogens with zero attached hydrogens (tertiary/aromatic N) is 1. The maximum atomic E-state index is 11.5. The topological polar surface area (TPSA) is 60.8 Å². The fourth-order valence-electron chi connectivity index (χ4n) is 3.23. The van der Waals surface area contributed by atoms with Crippen molar-refractivity contribution in [3.8, 4) is 11.1 Å². The van der Waals surface area contributed by atoms with Crippen LogP contribution in [0.3, 0.4) is 0 Å². The van der Waals surface area contributed by atoms with E-state index in [-0.39, 0.29) is 6.42 Å². The molecule has 3 aromatic carbocycles. The third-order valence-corrected chi connectivity index (χ3v) is 4.45. The Hall–Kier alpha value is -2.40. The molecule has 0 saturated heterocycles. The maximum Gasteiger partial charge on any atom is 0.307 e. The van der Waals surface area contributed by atoms with Gasteiger partial charge in [0.2, 0.25) is 0 Å². The van der Waals surface area contributed by atoms with E-state index in [1.54, 1.807) is 20.8 Å². The molecule has 0 aliphatic carbocycles. The molecule has 0 aliphatic heterocycles. The standard InChI is InChI=1S/C21H20ClNO2.C4H10O/c1-23(2)13-16-11-15-5-3-4-6-18(15)21(19(16)12-20(24)25)14-7-9-17(22)10-8-14;1-4(2,3)5/h3-11H,12-13H2,1-2H3,(H,24,25);5H,1-3H3. The van der Waals surface area contributed by atoms with E-state index in [9.17, 15) is 9.90 Å². The number of fused-ring (bicyclic) bond motifs is 1. The average Bonchev–Trinajstić information content (AvgIpc) is 2.61. The molecule has 3 aromatic rings. The molecule has 0 saturated carbocycles. The van der Waals surface area contributed by atoms with Gasteiger partial charge in [-0.3, -0.25) is 4.79 Å². The number of carbonyl (C=O) groups is 1. The number of aliphatic carboxylic acids is 1. The Labute approximate surface area is 183 Å². The molecule has 0 bridgehead atoms. The van der Waals surface area contributed by atoms with Crippen LogP contribution in [-0.4, -0.2) is 40.8 Å². The second-order valence-corrected chi connectivity index (χ2v) is 9.03. The number of rotatable bonds is 5. The highest BCUT2D eigenvalue weighted by molar-refractivity contribution is 6.30. The molecular formula is C25H30ClNO3. The third-order valence-electron chi connectivity index (χ3n) is 4.20. The molecule has 0 radical (unpaired) electrons. The summed E-state index contributed by atoms with van der Waals surface area (Å²) < 4.78 is 0. The summed E-state index contributed by atoms with van der Waals surface area (Å²) in [7, 11) is 3.98. The molecule has 0 aliphatic rings. The molecule has 4 nitrogen and oxygen atoms in total. The van der Waals surface area contributed by atoms with Gasteiger partial charge in [-0.2, -0.15) is 0 Å². The SMILES string of the molecule is CC(C)(C)O.CN(C)Cc1cc2ccccc2c(-c2ccc(Cl)cc2)c1CC(=O)O. The zero-order valence-corrected chi connectivity index (χ0v) is 19.0. The number of aliphatic hydroxyl groups is 1. The summed E-state index contributed by atoms with van der Waals surface area (Å²) in [4.78, 5) is 13.6. The quantitative estimate of drug-likeness (QED) is 0.554. The van der Waals surface area contributed by atoms with Crippen molar-refractivity contribution in [2.45, 2.75) is 39.3 Å². The first-order valence-electron chi connectivity index (χ1n) is 9.84. The molecular weight excluding hydrogens is 398 g/mol. The summed E-state index contributed by atoms with van der Waals surface area (Å²) in [5.41, 5.74) is 3.37. The third kappa shape index (κ3) is 7.13. The van der Waals surface area contributed by atoms with Crippen molar-refractivity contribution in [2.24, 2.45) is 0 Å². The van der Waals surface area contributed by atoms with E-state index >= 15 is 0 Å². The van der Waals surface area contributed by atoms with Gasteiger partial charge in [0, 0.05) is 11.6 Å². The van der Waals surface area contributed by atoms with E-state index in [0.717, 1.165) is 33.0 Å². The Morgan fingerprint density at radius 2 is 1.60 bits per heavy atom. The van der Waals surface area contributed by atoms with Crippen LogP contribution in [0.4, 0.5) is 0 Å². The first kappa shape index (κ1) is 23.9. The summed E-state index contributed by atoms with van der Waals surface area (Å²) in [5.74, 6) is -0.828. The van der Waals surface area contributed by atoms with Crippen LogP contribution in [0.1, 0.15) is 31.9 Å². The lowest BCUT2D eigenvalue weighted by atomic mass is 9.88. The highest BCUT2D eigenvalue weighted by atomic mass is 35.5. The molecule has 0 unspecified atom stereocenters. The molecule has 3 rings (SSSR count). The van der Waals surface area contributed by atoms with Gasteiger partial charge in [-0.15, -0.1) is 0 Å². The molecule has 160 valence electrons. The second kappa shape index (κ2) is 10.1. The molecule has 0 heterocycles. The number of carboxylic acid groups (broad SMARTS) is 1. The Bertz CT molecular complexity index is 999. The molecule has 2 N–H and O–H groups in total. The van der Waals surface area contributed by atoms with E-state index in [4.69, 9.17) is 16.7 Å². The predicted octanol–water partition coefficient (Wildman–Crippen LogP) is 5.63. The molecule has 0 fully saturated rings.